The lowest BCUT2D eigenvalue weighted by Gasteiger charge is -2.04. The fourth-order valence-electron chi connectivity index (χ4n) is 3.29. The molecule has 0 amide bonds. The van der Waals surface area contributed by atoms with Crippen LogP contribution >= 0.6 is 11.8 Å². The van der Waals surface area contributed by atoms with Crippen molar-refractivity contribution >= 4 is 29.7 Å². The van der Waals surface area contributed by atoms with Crippen LogP contribution in [0.1, 0.15) is 122 Å². The summed E-state index contributed by atoms with van der Waals surface area (Å²) in [5.74, 6) is -0.841. The molecule has 0 saturated carbocycles. The van der Waals surface area contributed by atoms with Gasteiger partial charge < -0.3 is 9.84 Å². The number of carboxylic acid groups (broad SMARTS) is 1. The predicted molar refractivity (Wildman–Crippen MR) is 125 cm³/mol. The summed E-state index contributed by atoms with van der Waals surface area (Å²) >= 11 is 1.38. The van der Waals surface area contributed by atoms with E-state index in [1.54, 1.807) is 0 Å². The Bertz CT molecular complexity index is 439. The highest BCUT2D eigenvalue weighted by molar-refractivity contribution is 7.99. The van der Waals surface area contributed by atoms with Crippen molar-refractivity contribution < 1.29 is 24.2 Å². The van der Waals surface area contributed by atoms with Crippen LogP contribution in [0.4, 0.5) is 0 Å². The summed E-state index contributed by atoms with van der Waals surface area (Å²) in [7, 11) is 0. The van der Waals surface area contributed by atoms with Crippen LogP contribution in [0.3, 0.4) is 0 Å². The third kappa shape index (κ3) is 23.2. The van der Waals surface area contributed by atoms with Crippen LogP contribution in [0.25, 0.3) is 0 Å². The second kappa shape index (κ2) is 22.6. The van der Waals surface area contributed by atoms with Crippen molar-refractivity contribution in [2.75, 3.05) is 11.5 Å². The average molecular weight is 445 g/mol. The molecule has 0 aromatic rings. The van der Waals surface area contributed by atoms with Gasteiger partial charge in [0.1, 0.15) is 0 Å². The number of carbonyl (C=O) groups is 3. The van der Waals surface area contributed by atoms with Crippen LogP contribution in [0.15, 0.2) is 0 Å². The molecule has 30 heavy (non-hydrogen) atoms. The number of unbranched alkanes of at least 4 members (excludes halogenated alkanes) is 14. The maximum atomic E-state index is 11.6. The van der Waals surface area contributed by atoms with Crippen LogP contribution < -0.4 is 0 Å². The Morgan fingerprint density at radius 2 is 1.00 bits per heavy atom. The van der Waals surface area contributed by atoms with Crippen molar-refractivity contribution in [3.63, 3.8) is 0 Å². The van der Waals surface area contributed by atoms with Gasteiger partial charge in [-0.3, -0.25) is 14.4 Å². The molecule has 0 aliphatic heterocycles. The van der Waals surface area contributed by atoms with Crippen molar-refractivity contribution in [1.29, 1.82) is 0 Å². The standard InChI is InChI=1S/C24H44O5S/c1-2-3-4-5-6-7-8-9-10-11-12-13-14-15-16-17-23(27)29-24(28)19-21-30-20-18-22(25)26/h2-21H2,1H3,(H,25,26). The summed E-state index contributed by atoms with van der Waals surface area (Å²) in [5.41, 5.74) is 0. The second-order valence-corrected chi connectivity index (χ2v) is 9.28. The summed E-state index contributed by atoms with van der Waals surface area (Å²) in [5, 5.41) is 8.52. The van der Waals surface area contributed by atoms with E-state index >= 15 is 0 Å². The number of ether oxygens (including phenoxy) is 1. The van der Waals surface area contributed by atoms with Crippen LogP contribution in [0.5, 0.6) is 0 Å². The second-order valence-electron chi connectivity index (χ2n) is 8.05. The van der Waals surface area contributed by atoms with E-state index < -0.39 is 17.9 Å². The Hall–Kier alpha value is -1.04. The molecular formula is C24H44O5S. The Labute approximate surface area is 188 Å². The van der Waals surface area contributed by atoms with Crippen molar-refractivity contribution in [3.8, 4) is 0 Å². The minimum absolute atomic E-state index is 0.0812. The quantitative estimate of drug-likeness (QED) is 0.111. The number of carbonyl (C=O) groups excluding carboxylic acids is 2. The van der Waals surface area contributed by atoms with E-state index in [4.69, 9.17) is 9.84 Å². The first-order chi connectivity index (χ1) is 14.6. The maximum absolute atomic E-state index is 11.6. The lowest BCUT2D eigenvalue weighted by Crippen LogP contribution is -2.12. The van der Waals surface area contributed by atoms with Crippen molar-refractivity contribution in [1.82, 2.24) is 0 Å². The van der Waals surface area contributed by atoms with Gasteiger partial charge in [0.05, 0.1) is 12.8 Å². The van der Waals surface area contributed by atoms with Crippen molar-refractivity contribution in [2.24, 2.45) is 0 Å². The highest BCUT2D eigenvalue weighted by atomic mass is 32.2. The Kier molecular flexibility index (Phi) is 21.9. The van der Waals surface area contributed by atoms with Gasteiger partial charge in [-0.05, 0) is 6.42 Å². The summed E-state index contributed by atoms with van der Waals surface area (Å²) in [6.07, 6.45) is 19.7. The molecule has 0 fully saturated rings. The molecule has 0 heterocycles. The zero-order valence-corrected chi connectivity index (χ0v) is 19.9. The van der Waals surface area contributed by atoms with E-state index in [1.165, 1.54) is 88.8 Å². The van der Waals surface area contributed by atoms with Crippen LogP contribution in [-0.2, 0) is 19.1 Å². The van der Waals surface area contributed by atoms with Gasteiger partial charge in [0, 0.05) is 17.9 Å². The third-order valence-electron chi connectivity index (χ3n) is 5.12. The van der Waals surface area contributed by atoms with Gasteiger partial charge in [-0.1, -0.05) is 96.8 Å². The van der Waals surface area contributed by atoms with Gasteiger partial charge in [-0.25, -0.2) is 0 Å². The maximum Gasteiger partial charge on any atom is 0.314 e. The zero-order valence-electron chi connectivity index (χ0n) is 19.1. The number of hydrogen-bond donors (Lipinski definition) is 1. The minimum Gasteiger partial charge on any atom is -0.481 e. The van der Waals surface area contributed by atoms with E-state index in [1.807, 2.05) is 0 Å². The fraction of sp³-hybridized carbons (Fsp3) is 0.875. The Morgan fingerprint density at radius 3 is 1.47 bits per heavy atom. The van der Waals surface area contributed by atoms with Crippen LogP contribution in [0.2, 0.25) is 0 Å². The summed E-state index contributed by atoms with van der Waals surface area (Å²) < 4.78 is 4.79. The van der Waals surface area contributed by atoms with Crippen molar-refractivity contribution in [3.05, 3.63) is 0 Å². The van der Waals surface area contributed by atoms with Crippen molar-refractivity contribution in [2.45, 2.75) is 122 Å². The largest absolute Gasteiger partial charge is 0.481 e. The van der Waals surface area contributed by atoms with Gasteiger partial charge in [0.2, 0.25) is 0 Å². The number of aliphatic carboxylic acids is 1. The van der Waals surface area contributed by atoms with E-state index in [0.29, 0.717) is 17.9 Å². The highest BCUT2D eigenvalue weighted by Crippen LogP contribution is 2.14. The number of rotatable bonds is 22. The van der Waals surface area contributed by atoms with Gasteiger partial charge in [-0.15, -0.1) is 0 Å². The summed E-state index contributed by atoms with van der Waals surface area (Å²) in [6, 6.07) is 0. The normalized spacial score (nSPS) is 10.8. The van der Waals surface area contributed by atoms with Gasteiger partial charge >= 0.3 is 17.9 Å². The molecule has 0 saturated heterocycles. The molecule has 0 aromatic heterocycles. The molecule has 0 aromatic carbocycles. The third-order valence-corrected chi connectivity index (χ3v) is 6.11. The summed E-state index contributed by atoms with van der Waals surface area (Å²) in [6.45, 7) is 2.26. The first-order valence-electron chi connectivity index (χ1n) is 12.1. The number of carboxylic acids is 1. The molecule has 176 valence electrons. The predicted octanol–water partition coefficient (Wildman–Crippen LogP) is 6.92. The smallest absolute Gasteiger partial charge is 0.314 e. The Balaban J connectivity index is 3.29. The first-order valence-corrected chi connectivity index (χ1v) is 13.2. The number of thioether (sulfide) groups is 1. The lowest BCUT2D eigenvalue weighted by molar-refractivity contribution is -0.159. The van der Waals surface area contributed by atoms with Crippen LogP contribution in [-0.4, -0.2) is 34.5 Å². The minimum atomic E-state index is -0.844. The molecule has 0 aliphatic rings. The SMILES string of the molecule is CCCCCCCCCCCCCCCCCC(=O)OC(=O)CCSCCC(=O)O. The Morgan fingerprint density at radius 1 is 0.600 bits per heavy atom. The highest BCUT2D eigenvalue weighted by Gasteiger charge is 2.10. The zero-order chi connectivity index (χ0) is 22.3. The first kappa shape index (κ1) is 29.0. The molecule has 6 heteroatoms. The van der Waals surface area contributed by atoms with E-state index in [9.17, 15) is 14.4 Å². The van der Waals surface area contributed by atoms with E-state index in [0.717, 1.165) is 19.3 Å². The summed E-state index contributed by atoms with van der Waals surface area (Å²) in [4.78, 5) is 33.5. The molecule has 0 bridgehead atoms. The van der Waals surface area contributed by atoms with Gasteiger partial charge in [0.15, 0.2) is 0 Å². The fourth-order valence-corrected chi connectivity index (χ4v) is 4.12. The van der Waals surface area contributed by atoms with E-state index in [-0.39, 0.29) is 12.8 Å². The molecule has 0 spiro atoms. The average Bonchev–Trinajstić information content (AvgIpc) is 2.70. The molecule has 0 rings (SSSR count). The molecular weight excluding hydrogens is 400 g/mol. The monoisotopic (exact) mass is 444 g/mol. The molecule has 0 radical (unpaired) electrons. The van der Waals surface area contributed by atoms with Gasteiger partial charge in [-0.2, -0.15) is 11.8 Å². The van der Waals surface area contributed by atoms with E-state index in [2.05, 4.69) is 6.92 Å². The molecule has 0 atom stereocenters. The molecule has 1 N–H and O–H groups in total. The number of esters is 2. The lowest BCUT2D eigenvalue weighted by atomic mass is 10.0. The van der Waals surface area contributed by atoms with Crippen LogP contribution in [0, 0.1) is 0 Å². The topological polar surface area (TPSA) is 80.7 Å². The number of hydrogen-bond acceptors (Lipinski definition) is 5. The van der Waals surface area contributed by atoms with Gasteiger partial charge in [0.25, 0.3) is 0 Å². The molecule has 0 unspecified atom stereocenters. The molecule has 5 nitrogen and oxygen atoms in total. The molecule has 0 aliphatic carbocycles.